The van der Waals surface area contributed by atoms with Gasteiger partial charge in [-0.05, 0) is 37.6 Å². The molecule has 17 heavy (non-hydrogen) atoms. The Hall–Kier alpha value is -1.42. The van der Waals surface area contributed by atoms with Crippen molar-refractivity contribution < 1.29 is 13.5 Å². The fourth-order valence-electron chi connectivity index (χ4n) is 1.59. The Labute approximate surface area is 102 Å². The van der Waals surface area contributed by atoms with Crippen molar-refractivity contribution in [2.24, 2.45) is 0 Å². The molecule has 0 fully saturated rings. The van der Waals surface area contributed by atoms with Gasteiger partial charge in [0, 0.05) is 11.1 Å². The molecule has 0 aliphatic rings. The van der Waals surface area contributed by atoms with Crippen LogP contribution < -0.4 is 4.74 Å². The minimum atomic E-state index is -2.84. The molecule has 0 aliphatic heterocycles. The number of nitrogens with zero attached hydrogens (tertiary/aromatic N) is 1. The first-order valence-corrected chi connectivity index (χ1v) is 5.38. The Morgan fingerprint density at radius 1 is 1.29 bits per heavy atom. The molecule has 0 unspecified atom stereocenters. The van der Waals surface area contributed by atoms with E-state index in [4.69, 9.17) is 11.6 Å². The van der Waals surface area contributed by atoms with Gasteiger partial charge in [0.05, 0.1) is 10.5 Å². The van der Waals surface area contributed by atoms with Gasteiger partial charge in [0.2, 0.25) is 0 Å². The smallest absolute Gasteiger partial charge is 0.387 e. The average molecular weight is 258 g/mol. The van der Waals surface area contributed by atoms with Crippen LogP contribution in [0.2, 0.25) is 5.02 Å². The lowest BCUT2D eigenvalue weighted by atomic mass is 10.1. The van der Waals surface area contributed by atoms with E-state index >= 15 is 0 Å². The average Bonchev–Trinajstić information content (AvgIpc) is 2.26. The second-order valence-electron chi connectivity index (χ2n) is 3.69. The molecule has 1 aromatic carbocycles. The van der Waals surface area contributed by atoms with Crippen LogP contribution >= 0.6 is 11.6 Å². The van der Waals surface area contributed by atoms with Crippen LogP contribution in [0, 0.1) is 13.8 Å². The summed E-state index contributed by atoms with van der Waals surface area (Å²) in [5, 5.41) is 1.14. The van der Waals surface area contributed by atoms with E-state index in [-0.39, 0.29) is 5.75 Å². The van der Waals surface area contributed by atoms with Gasteiger partial charge in [-0.1, -0.05) is 11.6 Å². The fraction of sp³-hybridized carbons (Fsp3) is 0.250. The minimum Gasteiger partial charge on any atom is -0.435 e. The number of hydrogen-bond acceptors (Lipinski definition) is 2. The fourth-order valence-corrected chi connectivity index (χ4v) is 1.88. The number of fused-ring (bicyclic) bond motifs is 1. The summed E-state index contributed by atoms with van der Waals surface area (Å²) in [4.78, 5) is 4.33. The quantitative estimate of drug-likeness (QED) is 0.808. The van der Waals surface area contributed by atoms with Gasteiger partial charge in [-0.2, -0.15) is 8.78 Å². The first kappa shape index (κ1) is 12.0. The summed E-state index contributed by atoms with van der Waals surface area (Å²) in [6.07, 6.45) is 0. The van der Waals surface area contributed by atoms with Crippen LogP contribution in [0.5, 0.6) is 5.75 Å². The van der Waals surface area contributed by atoms with E-state index in [9.17, 15) is 8.78 Å². The van der Waals surface area contributed by atoms with Gasteiger partial charge >= 0.3 is 6.61 Å². The Morgan fingerprint density at radius 3 is 2.65 bits per heavy atom. The van der Waals surface area contributed by atoms with Gasteiger partial charge < -0.3 is 4.74 Å². The standard InChI is InChI=1S/C12H10ClF2NO/c1-6-7(2)16-10-4-3-8(17-12(14)15)5-9(10)11(6)13/h3-5,12H,1-2H3. The molecule has 0 N–H and O–H groups in total. The summed E-state index contributed by atoms with van der Waals surface area (Å²) in [7, 11) is 0. The molecular formula is C12H10ClF2NO. The molecule has 0 saturated heterocycles. The number of pyridine rings is 1. The van der Waals surface area contributed by atoms with E-state index in [1.165, 1.54) is 12.1 Å². The van der Waals surface area contributed by atoms with E-state index in [0.717, 1.165) is 11.3 Å². The number of ether oxygens (including phenoxy) is 1. The molecule has 90 valence electrons. The molecule has 0 spiro atoms. The highest BCUT2D eigenvalue weighted by Crippen LogP contribution is 2.30. The van der Waals surface area contributed by atoms with Crippen molar-refractivity contribution in [2.45, 2.75) is 20.5 Å². The van der Waals surface area contributed by atoms with Gasteiger partial charge in [-0.3, -0.25) is 4.98 Å². The Bertz CT molecular complexity index is 572. The summed E-state index contributed by atoms with van der Waals surface area (Å²) in [6, 6.07) is 4.54. The van der Waals surface area contributed by atoms with Crippen LogP contribution in [0.1, 0.15) is 11.3 Å². The molecule has 0 saturated carbocycles. The SMILES string of the molecule is Cc1nc2ccc(OC(F)F)cc2c(Cl)c1C. The number of aromatic nitrogens is 1. The van der Waals surface area contributed by atoms with Crippen molar-refractivity contribution in [1.82, 2.24) is 4.98 Å². The van der Waals surface area contributed by atoms with E-state index in [1.807, 2.05) is 13.8 Å². The van der Waals surface area contributed by atoms with Gasteiger partial charge in [0.1, 0.15) is 5.75 Å². The molecule has 0 atom stereocenters. The maximum atomic E-state index is 12.1. The zero-order valence-electron chi connectivity index (χ0n) is 9.30. The first-order valence-electron chi connectivity index (χ1n) is 5.00. The third kappa shape index (κ3) is 2.31. The lowest BCUT2D eigenvalue weighted by Gasteiger charge is -2.09. The maximum absolute atomic E-state index is 12.1. The minimum absolute atomic E-state index is 0.0828. The largest absolute Gasteiger partial charge is 0.435 e. The Morgan fingerprint density at radius 2 is 2.00 bits per heavy atom. The molecule has 2 rings (SSSR count). The molecule has 2 nitrogen and oxygen atoms in total. The molecule has 0 amide bonds. The predicted octanol–water partition coefficient (Wildman–Crippen LogP) is 4.11. The Kier molecular flexibility index (Phi) is 3.15. The number of halogens is 3. The zero-order valence-corrected chi connectivity index (χ0v) is 10.1. The van der Waals surface area contributed by atoms with Crippen LogP contribution in [-0.2, 0) is 0 Å². The summed E-state index contributed by atoms with van der Waals surface area (Å²) in [6.45, 7) is 0.848. The van der Waals surface area contributed by atoms with Crippen molar-refractivity contribution in [1.29, 1.82) is 0 Å². The predicted molar refractivity (Wildman–Crippen MR) is 62.9 cm³/mol. The van der Waals surface area contributed by atoms with Gasteiger partial charge in [0.25, 0.3) is 0 Å². The van der Waals surface area contributed by atoms with Crippen LogP contribution in [0.4, 0.5) is 8.78 Å². The molecule has 0 radical (unpaired) electrons. The van der Waals surface area contributed by atoms with Crippen molar-refractivity contribution >= 4 is 22.5 Å². The molecule has 5 heteroatoms. The summed E-state index contributed by atoms with van der Waals surface area (Å²) >= 11 is 6.16. The van der Waals surface area contributed by atoms with Crippen LogP contribution in [-0.4, -0.2) is 11.6 Å². The van der Waals surface area contributed by atoms with Crippen molar-refractivity contribution in [3.05, 3.63) is 34.5 Å². The molecule has 1 heterocycles. The van der Waals surface area contributed by atoms with Crippen LogP contribution in [0.25, 0.3) is 10.9 Å². The lowest BCUT2D eigenvalue weighted by molar-refractivity contribution is -0.0497. The monoisotopic (exact) mass is 257 g/mol. The molecule has 0 bridgehead atoms. The number of aryl methyl sites for hydroxylation is 1. The number of benzene rings is 1. The van der Waals surface area contributed by atoms with Crippen molar-refractivity contribution in [3.8, 4) is 5.75 Å². The first-order chi connectivity index (χ1) is 7.99. The van der Waals surface area contributed by atoms with Crippen molar-refractivity contribution in [3.63, 3.8) is 0 Å². The van der Waals surface area contributed by atoms with Gasteiger partial charge in [0.15, 0.2) is 0 Å². The highest BCUT2D eigenvalue weighted by atomic mass is 35.5. The van der Waals surface area contributed by atoms with E-state index in [2.05, 4.69) is 9.72 Å². The van der Waals surface area contributed by atoms with E-state index in [1.54, 1.807) is 6.07 Å². The second-order valence-corrected chi connectivity index (χ2v) is 4.07. The third-order valence-electron chi connectivity index (χ3n) is 2.59. The zero-order chi connectivity index (χ0) is 12.6. The maximum Gasteiger partial charge on any atom is 0.387 e. The summed E-state index contributed by atoms with van der Waals surface area (Å²) in [5.74, 6) is 0.0828. The van der Waals surface area contributed by atoms with E-state index in [0.29, 0.717) is 15.9 Å². The Balaban J connectivity index is 2.60. The lowest BCUT2D eigenvalue weighted by Crippen LogP contribution is -2.02. The normalized spacial score (nSPS) is 11.2. The van der Waals surface area contributed by atoms with Gasteiger partial charge in [-0.25, -0.2) is 0 Å². The summed E-state index contributed by atoms with van der Waals surface area (Å²) < 4.78 is 28.5. The van der Waals surface area contributed by atoms with Crippen LogP contribution in [0.15, 0.2) is 18.2 Å². The highest BCUT2D eigenvalue weighted by Gasteiger charge is 2.10. The molecular weight excluding hydrogens is 248 g/mol. The topological polar surface area (TPSA) is 22.1 Å². The van der Waals surface area contributed by atoms with Crippen LogP contribution in [0.3, 0.4) is 0 Å². The number of alkyl halides is 2. The number of rotatable bonds is 2. The second kappa shape index (κ2) is 4.45. The van der Waals surface area contributed by atoms with Gasteiger partial charge in [-0.15, -0.1) is 0 Å². The van der Waals surface area contributed by atoms with Crippen molar-refractivity contribution in [2.75, 3.05) is 0 Å². The summed E-state index contributed by atoms with van der Waals surface area (Å²) in [5.41, 5.74) is 2.33. The number of hydrogen-bond donors (Lipinski definition) is 0. The molecule has 2 aromatic rings. The highest BCUT2D eigenvalue weighted by molar-refractivity contribution is 6.36. The molecule has 0 aliphatic carbocycles. The molecule has 1 aromatic heterocycles. The third-order valence-corrected chi connectivity index (χ3v) is 3.08. The van der Waals surface area contributed by atoms with E-state index < -0.39 is 6.61 Å².